The maximum Gasteiger partial charge on any atom is 0.228 e. The zero-order valence-electron chi connectivity index (χ0n) is 19.5. The number of ether oxygens (including phenoxy) is 1. The highest BCUT2D eigenvalue weighted by Gasteiger charge is 2.40. The molecule has 2 atom stereocenters. The van der Waals surface area contributed by atoms with E-state index in [-0.39, 0.29) is 35.3 Å². The number of fused-ring (bicyclic) bond motifs is 1. The largest absolute Gasteiger partial charge is 0.371 e. The highest BCUT2D eigenvalue weighted by atomic mass is 19.1. The average Bonchev–Trinajstić information content (AvgIpc) is 2.72. The van der Waals surface area contributed by atoms with Crippen molar-refractivity contribution in [2.24, 2.45) is 5.92 Å². The van der Waals surface area contributed by atoms with Gasteiger partial charge in [0.05, 0.1) is 23.6 Å². The summed E-state index contributed by atoms with van der Waals surface area (Å²) in [6.45, 7) is 9.62. The van der Waals surface area contributed by atoms with Crippen molar-refractivity contribution in [3.8, 4) is 11.3 Å². The number of likely N-dealkylation sites (tertiary alicyclic amines) is 1. The van der Waals surface area contributed by atoms with Crippen LogP contribution in [0.5, 0.6) is 0 Å². The lowest BCUT2D eigenvalue weighted by atomic mass is 9.92. The molecule has 2 saturated heterocycles. The van der Waals surface area contributed by atoms with Crippen molar-refractivity contribution in [3.05, 3.63) is 41.2 Å². The molecular formula is C24H26F2N6O2. The Morgan fingerprint density at radius 1 is 1.03 bits per heavy atom. The molecule has 0 saturated carbocycles. The number of hydrogen-bond donors (Lipinski definition) is 0. The standard InChI is InChI=1S/C24H26F2N6O2/c1-12-8-32(11-20(34-12)16-9-31(10-16)15(4)33)24-29-21(18-6-5-17(25)7-19(18)26)22-23(30-24)28-14(3)13(2)27-22/h5-7,12,16,20H,8-11H2,1-4H3/t12-,20-/m0/s1. The Hall–Kier alpha value is -3.27. The fraction of sp³-hybridized carbons (Fsp3) is 0.458. The molecule has 4 heterocycles. The molecule has 0 N–H and O–H groups in total. The number of halogens is 2. The lowest BCUT2D eigenvalue weighted by Gasteiger charge is -2.47. The minimum atomic E-state index is -0.724. The van der Waals surface area contributed by atoms with Crippen molar-refractivity contribution >= 4 is 23.0 Å². The van der Waals surface area contributed by atoms with E-state index < -0.39 is 11.6 Å². The average molecular weight is 469 g/mol. The van der Waals surface area contributed by atoms with E-state index in [1.807, 2.05) is 25.7 Å². The molecule has 0 unspecified atom stereocenters. The fourth-order valence-corrected chi connectivity index (χ4v) is 4.53. The number of hydrogen-bond acceptors (Lipinski definition) is 7. The van der Waals surface area contributed by atoms with E-state index in [9.17, 15) is 13.6 Å². The van der Waals surface area contributed by atoms with Crippen LogP contribution in [0.2, 0.25) is 0 Å². The normalized spacial score (nSPS) is 21.1. The molecule has 2 aliphatic heterocycles. The summed E-state index contributed by atoms with van der Waals surface area (Å²) < 4.78 is 34.6. The summed E-state index contributed by atoms with van der Waals surface area (Å²) >= 11 is 0. The Kier molecular flexibility index (Phi) is 5.63. The summed E-state index contributed by atoms with van der Waals surface area (Å²) in [5.74, 6) is -0.703. The van der Waals surface area contributed by atoms with Crippen molar-refractivity contribution < 1.29 is 18.3 Å². The number of carbonyl (C=O) groups excluding carboxylic acids is 1. The van der Waals surface area contributed by atoms with Crippen molar-refractivity contribution in [3.63, 3.8) is 0 Å². The monoisotopic (exact) mass is 468 g/mol. The first-order chi connectivity index (χ1) is 16.2. The Morgan fingerprint density at radius 3 is 2.47 bits per heavy atom. The van der Waals surface area contributed by atoms with Crippen LogP contribution in [0.25, 0.3) is 22.4 Å². The van der Waals surface area contributed by atoms with E-state index in [4.69, 9.17) is 9.72 Å². The summed E-state index contributed by atoms with van der Waals surface area (Å²) in [5.41, 5.74) is 2.54. The number of rotatable bonds is 3. The molecule has 8 nitrogen and oxygen atoms in total. The molecule has 2 aromatic heterocycles. The second kappa shape index (κ2) is 8.50. The summed E-state index contributed by atoms with van der Waals surface area (Å²) in [6, 6.07) is 3.40. The van der Waals surface area contributed by atoms with Crippen LogP contribution in [0.1, 0.15) is 25.2 Å². The van der Waals surface area contributed by atoms with Gasteiger partial charge in [-0.25, -0.2) is 23.7 Å². The van der Waals surface area contributed by atoms with E-state index in [0.717, 1.165) is 11.8 Å². The molecule has 10 heteroatoms. The first-order valence-electron chi connectivity index (χ1n) is 11.3. The predicted molar refractivity (Wildman–Crippen MR) is 122 cm³/mol. The third kappa shape index (κ3) is 4.06. The van der Waals surface area contributed by atoms with Crippen LogP contribution in [0.4, 0.5) is 14.7 Å². The molecule has 2 fully saturated rings. The van der Waals surface area contributed by atoms with Gasteiger partial charge >= 0.3 is 0 Å². The highest BCUT2D eigenvalue weighted by Crippen LogP contribution is 2.32. The van der Waals surface area contributed by atoms with Gasteiger partial charge in [0.25, 0.3) is 0 Å². The first-order valence-corrected chi connectivity index (χ1v) is 11.3. The van der Waals surface area contributed by atoms with E-state index in [0.29, 0.717) is 49.0 Å². The quantitative estimate of drug-likeness (QED) is 0.584. The predicted octanol–water partition coefficient (Wildman–Crippen LogP) is 3.05. The van der Waals surface area contributed by atoms with E-state index in [2.05, 4.69) is 15.0 Å². The SMILES string of the molecule is CC(=O)N1CC([C@@H]2CN(c3nc(-c4ccc(F)cc4F)c4nc(C)c(C)nc4n3)C[C@H](C)O2)C1. The molecule has 0 bridgehead atoms. The molecule has 0 spiro atoms. The summed E-state index contributed by atoms with van der Waals surface area (Å²) in [6.07, 6.45) is -0.170. The fourth-order valence-electron chi connectivity index (χ4n) is 4.53. The Labute approximate surface area is 196 Å². The van der Waals surface area contributed by atoms with Crippen LogP contribution in [-0.2, 0) is 9.53 Å². The molecule has 0 aliphatic carbocycles. The number of carbonyl (C=O) groups is 1. The Morgan fingerprint density at radius 2 is 1.76 bits per heavy atom. The third-order valence-corrected chi connectivity index (χ3v) is 6.57. The summed E-state index contributed by atoms with van der Waals surface area (Å²) in [5, 5.41) is 0. The molecule has 178 valence electrons. The molecule has 2 aliphatic rings. The third-order valence-electron chi connectivity index (χ3n) is 6.57. The van der Waals surface area contributed by atoms with Gasteiger partial charge in [0.1, 0.15) is 22.8 Å². The van der Waals surface area contributed by atoms with Crippen molar-refractivity contribution in [2.45, 2.75) is 39.9 Å². The van der Waals surface area contributed by atoms with Gasteiger partial charge < -0.3 is 14.5 Å². The van der Waals surface area contributed by atoms with Gasteiger partial charge in [-0.1, -0.05) is 0 Å². The zero-order valence-corrected chi connectivity index (χ0v) is 19.5. The van der Waals surface area contributed by atoms with Crippen LogP contribution >= 0.6 is 0 Å². The second-order valence-corrected chi connectivity index (χ2v) is 9.14. The van der Waals surface area contributed by atoms with Gasteiger partial charge in [0.15, 0.2) is 5.65 Å². The van der Waals surface area contributed by atoms with Gasteiger partial charge in [-0.05, 0) is 32.9 Å². The first kappa shape index (κ1) is 22.5. The van der Waals surface area contributed by atoms with Crippen molar-refractivity contribution in [1.82, 2.24) is 24.8 Å². The van der Waals surface area contributed by atoms with Gasteiger partial charge in [-0.2, -0.15) is 4.98 Å². The number of benzene rings is 1. The number of nitrogens with zero attached hydrogens (tertiary/aromatic N) is 6. The van der Waals surface area contributed by atoms with Crippen LogP contribution in [-0.4, -0.2) is 69.1 Å². The Balaban J connectivity index is 1.55. The molecule has 34 heavy (non-hydrogen) atoms. The number of aryl methyl sites for hydroxylation is 2. The van der Waals surface area contributed by atoms with Gasteiger partial charge in [0.2, 0.25) is 11.9 Å². The molecule has 1 amide bonds. The number of morpholine rings is 1. The molecular weight excluding hydrogens is 442 g/mol. The zero-order chi connectivity index (χ0) is 24.1. The maximum absolute atomic E-state index is 14.8. The van der Waals surface area contributed by atoms with Crippen LogP contribution in [0, 0.1) is 31.4 Å². The van der Waals surface area contributed by atoms with Crippen molar-refractivity contribution in [1.29, 1.82) is 0 Å². The highest BCUT2D eigenvalue weighted by molar-refractivity contribution is 5.88. The minimum Gasteiger partial charge on any atom is -0.371 e. The van der Waals surface area contributed by atoms with Crippen LogP contribution in [0.3, 0.4) is 0 Å². The molecule has 0 radical (unpaired) electrons. The van der Waals surface area contributed by atoms with Crippen LogP contribution < -0.4 is 4.90 Å². The number of aromatic nitrogens is 4. The lowest BCUT2D eigenvalue weighted by Crippen LogP contribution is -2.60. The van der Waals surface area contributed by atoms with Gasteiger partial charge in [-0.3, -0.25) is 4.79 Å². The molecule has 3 aromatic rings. The minimum absolute atomic E-state index is 0.0602. The number of amides is 1. The van der Waals surface area contributed by atoms with E-state index in [1.54, 1.807) is 11.8 Å². The number of anilines is 1. The van der Waals surface area contributed by atoms with E-state index in [1.165, 1.54) is 12.1 Å². The topological polar surface area (TPSA) is 84.3 Å². The Bertz CT molecular complexity index is 1280. The van der Waals surface area contributed by atoms with Crippen LogP contribution in [0.15, 0.2) is 18.2 Å². The van der Waals surface area contributed by atoms with Gasteiger partial charge in [-0.15, -0.1) is 0 Å². The second-order valence-electron chi connectivity index (χ2n) is 9.14. The lowest BCUT2D eigenvalue weighted by molar-refractivity contribution is -0.142. The summed E-state index contributed by atoms with van der Waals surface area (Å²) in [7, 11) is 0. The molecule has 1 aromatic carbocycles. The van der Waals surface area contributed by atoms with Crippen molar-refractivity contribution in [2.75, 3.05) is 31.1 Å². The molecule has 5 rings (SSSR count). The smallest absolute Gasteiger partial charge is 0.228 e. The van der Waals surface area contributed by atoms with E-state index >= 15 is 0 Å². The summed E-state index contributed by atoms with van der Waals surface area (Å²) in [4.78, 5) is 33.9. The van der Waals surface area contributed by atoms with Gasteiger partial charge in [0, 0.05) is 50.7 Å². The maximum atomic E-state index is 14.8.